The van der Waals surface area contributed by atoms with Gasteiger partial charge in [0, 0.05) is 51.4 Å². The topological polar surface area (TPSA) is 107 Å². The van der Waals surface area contributed by atoms with Crippen LogP contribution in [0.5, 0.6) is 0 Å². The molecule has 7 nitrogen and oxygen atoms in total. The Labute approximate surface area is 321 Å². The summed E-state index contributed by atoms with van der Waals surface area (Å²) in [6.07, 6.45) is 33.3. The second-order valence-corrected chi connectivity index (χ2v) is 14.4. The molecular weight excluding hydrogens is 616 g/mol. The number of ether oxygens (including phenoxy) is 2. The first kappa shape index (κ1) is 47.6. The molecule has 0 aliphatic rings. The Bertz CT molecular complexity index is 761. The van der Waals surface area contributed by atoms with Crippen LogP contribution in [0.25, 0.3) is 0 Å². The summed E-state index contributed by atoms with van der Waals surface area (Å²) in [6.45, 7) is 4.76. The van der Waals surface area contributed by atoms with Crippen LogP contribution in [0.3, 0.4) is 0 Å². The van der Waals surface area contributed by atoms with Gasteiger partial charge in [0.15, 0.2) is 5.25 Å². The van der Waals surface area contributed by atoms with Gasteiger partial charge in [-0.1, -0.05) is 181 Å². The zero-order valence-corrected chi connectivity index (χ0v) is 33.7. The maximum atomic E-state index is 12.3. The van der Waals surface area contributed by atoms with E-state index in [0.717, 1.165) is 32.1 Å². The molecule has 0 saturated carbocycles. The molecule has 0 heterocycles. The van der Waals surface area contributed by atoms with E-state index in [1.807, 2.05) is 0 Å². The Balaban J connectivity index is 0. The van der Waals surface area contributed by atoms with Crippen LogP contribution in [0, 0.1) is 0 Å². The van der Waals surface area contributed by atoms with Gasteiger partial charge in [0.05, 0.1) is 19.6 Å². The summed E-state index contributed by atoms with van der Waals surface area (Å²) in [5, 5.41) is -1.93. The third-order valence-corrected chi connectivity index (χ3v) is 9.56. The maximum Gasteiger partial charge on any atom is 0.327 e. The molecule has 0 saturated heterocycles. The van der Waals surface area contributed by atoms with E-state index in [4.69, 9.17) is 9.47 Å². The van der Waals surface area contributed by atoms with Crippen molar-refractivity contribution in [3.05, 3.63) is 0 Å². The van der Waals surface area contributed by atoms with Crippen LogP contribution in [0.4, 0.5) is 0 Å². The largest absolute Gasteiger partial charge is 0.466 e. The molecule has 0 aromatic rings. The van der Waals surface area contributed by atoms with Crippen LogP contribution < -0.4 is 0 Å². The molecular formula is C36H70KO7S. The van der Waals surface area contributed by atoms with Gasteiger partial charge in [-0.3, -0.25) is 14.1 Å². The monoisotopic (exact) mass is 685 g/mol. The van der Waals surface area contributed by atoms with Crippen molar-refractivity contribution in [2.75, 3.05) is 13.2 Å². The van der Waals surface area contributed by atoms with Crippen molar-refractivity contribution in [2.45, 2.75) is 205 Å². The first-order valence-corrected chi connectivity index (χ1v) is 20.1. The molecule has 1 N–H and O–H groups in total. The fraction of sp³-hybridized carbons (Fsp3) is 0.944. The molecule has 1 atom stereocenters. The van der Waals surface area contributed by atoms with Gasteiger partial charge >= 0.3 is 11.9 Å². The second-order valence-electron chi connectivity index (χ2n) is 12.8. The number of carbonyl (C=O) groups excluding carboxylic acids is 2. The van der Waals surface area contributed by atoms with Crippen LogP contribution in [0.1, 0.15) is 200 Å². The third kappa shape index (κ3) is 34.2. The van der Waals surface area contributed by atoms with Crippen LogP contribution in [-0.2, 0) is 29.2 Å². The molecule has 0 aliphatic carbocycles. The summed E-state index contributed by atoms with van der Waals surface area (Å²) in [5.41, 5.74) is 0. The van der Waals surface area contributed by atoms with E-state index in [2.05, 4.69) is 13.8 Å². The normalized spacial score (nSPS) is 12.1. The first-order chi connectivity index (χ1) is 21.3. The van der Waals surface area contributed by atoms with Crippen molar-refractivity contribution in [1.82, 2.24) is 0 Å². The van der Waals surface area contributed by atoms with Gasteiger partial charge in [0.2, 0.25) is 0 Å². The Morgan fingerprint density at radius 1 is 0.489 bits per heavy atom. The summed E-state index contributed by atoms with van der Waals surface area (Å²) in [6, 6.07) is 0. The Morgan fingerprint density at radius 3 is 1.04 bits per heavy atom. The van der Waals surface area contributed by atoms with Crippen molar-refractivity contribution in [3.63, 3.8) is 0 Å². The van der Waals surface area contributed by atoms with E-state index >= 15 is 0 Å². The zero-order chi connectivity index (χ0) is 32.6. The SMILES string of the molecule is CCCCCCCCCCCCCCCCOC(=O)CC(C(=O)OCCCCCCCCCCCCCCCC)S(=O)(=O)O.[K]. The minimum Gasteiger partial charge on any atom is -0.466 e. The van der Waals surface area contributed by atoms with Crippen LogP contribution in [-0.4, -0.2) is 94.8 Å². The third-order valence-electron chi connectivity index (χ3n) is 8.48. The second kappa shape index (κ2) is 35.8. The number of rotatable bonds is 34. The first-order valence-electron chi connectivity index (χ1n) is 18.6. The number of hydrogen-bond donors (Lipinski definition) is 1. The van der Waals surface area contributed by atoms with Gasteiger partial charge in [-0.15, -0.1) is 0 Å². The van der Waals surface area contributed by atoms with E-state index < -0.39 is 33.7 Å². The molecule has 263 valence electrons. The van der Waals surface area contributed by atoms with Crippen molar-refractivity contribution in [2.24, 2.45) is 0 Å². The fourth-order valence-corrected chi connectivity index (χ4v) is 6.22. The van der Waals surface area contributed by atoms with Crippen molar-refractivity contribution in [1.29, 1.82) is 0 Å². The van der Waals surface area contributed by atoms with E-state index in [0.29, 0.717) is 12.8 Å². The summed E-state index contributed by atoms with van der Waals surface area (Å²) in [4.78, 5) is 24.4. The molecule has 0 aromatic carbocycles. The van der Waals surface area contributed by atoms with Crippen molar-refractivity contribution >= 4 is 73.4 Å². The molecule has 0 aliphatic heterocycles. The molecule has 9 heteroatoms. The molecule has 0 fully saturated rings. The smallest absolute Gasteiger partial charge is 0.327 e. The number of esters is 2. The average molecular weight is 686 g/mol. The molecule has 45 heavy (non-hydrogen) atoms. The molecule has 1 unspecified atom stereocenters. The summed E-state index contributed by atoms with van der Waals surface area (Å²) < 4.78 is 43.2. The Morgan fingerprint density at radius 2 is 0.756 bits per heavy atom. The fourth-order valence-electron chi connectivity index (χ4n) is 5.57. The van der Waals surface area contributed by atoms with Gasteiger partial charge in [-0.25, -0.2) is 0 Å². The Hall–Kier alpha value is 0.486. The van der Waals surface area contributed by atoms with Crippen molar-refractivity contribution < 1.29 is 32.0 Å². The van der Waals surface area contributed by atoms with Crippen LogP contribution >= 0.6 is 0 Å². The van der Waals surface area contributed by atoms with Gasteiger partial charge < -0.3 is 9.47 Å². The molecule has 0 rings (SSSR count). The standard InChI is InChI=1S/C36H70O7S.K/c1-3-5-7-9-11-13-15-17-19-21-23-25-27-29-31-42-35(37)33-34(44(39,40)41)36(38)43-32-30-28-26-24-22-20-18-16-14-12-10-8-6-4-2;/h34H,3-33H2,1-2H3,(H,39,40,41);. The van der Waals surface area contributed by atoms with E-state index in [-0.39, 0.29) is 64.6 Å². The van der Waals surface area contributed by atoms with Crippen molar-refractivity contribution in [3.8, 4) is 0 Å². The van der Waals surface area contributed by atoms with Crippen LogP contribution in [0.15, 0.2) is 0 Å². The van der Waals surface area contributed by atoms with Gasteiger partial charge in [0.1, 0.15) is 0 Å². The summed E-state index contributed by atoms with van der Waals surface area (Å²) in [7, 11) is -4.77. The van der Waals surface area contributed by atoms with Gasteiger partial charge in [0.25, 0.3) is 10.1 Å². The number of unbranched alkanes of at least 4 members (excludes halogenated alkanes) is 26. The van der Waals surface area contributed by atoms with E-state index in [9.17, 15) is 22.6 Å². The molecule has 0 bridgehead atoms. The molecule has 1 radical (unpaired) electrons. The van der Waals surface area contributed by atoms with Crippen LogP contribution in [0.2, 0.25) is 0 Å². The molecule has 0 amide bonds. The van der Waals surface area contributed by atoms with Gasteiger partial charge in [-0.05, 0) is 12.8 Å². The van der Waals surface area contributed by atoms with E-state index in [1.54, 1.807) is 0 Å². The minimum atomic E-state index is -4.77. The molecule has 0 aromatic heterocycles. The van der Waals surface area contributed by atoms with E-state index in [1.165, 1.54) is 135 Å². The Kier molecular flexibility index (Phi) is 37.9. The number of carbonyl (C=O) groups is 2. The molecule has 0 spiro atoms. The predicted octanol–water partition coefficient (Wildman–Crippen LogP) is 10.3. The summed E-state index contributed by atoms with van der Waals surface area (Å²) in [5.74, 6) is -1.90. The maximum absolute atomic E-state index is 12.3. The number of hydrogen-bond acceptors (Lipinski definition) is 6. The summed E-state index contributed by atoms with van der Waals surface area (Å²) >= 11 is 0. The predicted molar refractivity (Wildman–Crippen MR) is 188 cm³/mol. The quantitative estimate of drug-likeness (QED) is 0.0311. The van der Waals surface area contributed by atoms with Gasteiger partial charge in [-0.2, -0.15) is 8.42 Å². The minimum absolute atomic E-state index is 0. The zero-order valence-electron chi connectivity index (χ0n) is 29.8. The average Bonchev–Trinajstić information content (AvgIpc) is 2.99.